The van der Waals surface area contributed by atoms with Crippen molar-refractivity contribution in [1.29, 1.82) is 0 Å². The zero-order valence-corrected chi connectivity index (χ0v) is 21.9. The Morgan fingerprint density at radius 1 is 1.00 bits per heavy atom. The lowest BCUT2D eigenvalue weighted by molar-refractivity contribution is -0.0839. The molecule has 35 heavy (non-hydrogen) atoms. The molecule has 188 valence electrons. The average molecular weight is 518 g/mol. The second-order valence-corrected chi connectivity index (χ2v) is 9.73. The number of rotatable bonds is 11. The Kier molecular flexibility index (Phi) is 8.95. The minimum Gasteiger partial charge on any atom is -0.492 e. The number of methoxy groups -OCH3 is 1. The molecule has 0 saturated carbocycles. The summed E-state index contributed by atoms with van der Waals surface area (Å²) in [6.45, 7) is 6.76. The van der Waals surface area contributed by atoms with Gasteiger partial charge in [-0.15, -0.1) is 0 Å². The molecular weight excluding hydrogens is 485 g/mol. The summed E-state index contributed by atoms with van der Waals surface area (Å²) in [6.07, 6.45) is 6.56. The summed E-state index contributed by atoms with van der Waals surface area (Å²) < 4.78 is 20.1. The van der Waals surface area contributed by atoms with Gasteiger partial charge in [-0.3, -0.25) is 4.90 Å². The van der Waals surface area contributed by atoms with Crippen LogP contribution in [-0.2, 0) is 24.2 Å². The van der Waals surface area contributed by atoms with E-state index in [0.717, 1.165) is 57.0 Å². The van der Waals surface area contributed by atoms with Crippen molar-refractivity contribution in [3.05, 3.63) is 76.3 Å². The van der Waals surface area contributed by atoms with Gasteiger partial charge in [-0.25, -0.2) is 4.98 Å². The number of hydrogen-bond donors (Lipinski definition) is 0. The van der Waals surface area contributed by atoms with Crippen LogP contribution in [0.4, 0.5) is 0 Å². The highest BCUT2D eigenvalue weighted by atomic mass is 35.5. The molecule has 4 rings (SSSR count). The summed E-state index contributed by atoms with van der Waals surface area (Å²) in [6, 6.07) is 13.7. The number of nitrogens with zero attached hydrogens (tertiary/aromatic N) is 3. The van der Waals surface area contributed by atoms with Gasteiger partial charge in [0.2, 0.25) is 0 Å². The number of imidazole rings is 1. The second-order valence-electron chi connectivity index (χ2n) is 8.91. The van der Waals surface area contributed by atoms with E-state index in [4.69, 9.17) is 37.4 Å². The maximum Gasteiger partial charge on any atom is 0.121 e. The largest absolute Gasteiger partial charge is 0.492 e. The molecule has 1 aliphatic heterocycles. The average Bonchev–Trinajstić information content (AvgIpc) is 3.34. The predicted octanol–water partition coefficient (Wildman–Crippen LogP) is 5.89. The lowest BCUT2D eigenvalue weighted by Crippen LogP contribution is -2.48. The minimum atomic E-state index is -0.307. The first-order valence-electron chi connectivity index (χ1n) is 12.1. The van der Waals surface area contributed by atoms with E-state index in [0.29, 0.717) is 29.0 Å². The molecule has 0 radical (unpaired) electrons. The topological polar surface area (TPSA) is 48.8 Å². The van der Waals surface area contributed by atoms with E-state index < -0.39 is 0 Å². The van der Waals surface area contributed by atoms with E-state index in [9.17, 15) is 0 Å². The molecule has 0 aliphatic carbocycles. The number of benzene rings is 2. The first kappa shape index (κ1) is 25.8. The van der Waals surface area contributed by atoms with Gasteiger partial charge < -0.3 is 18.8 Å². The van der Waals surface area contributed by atoms with Gasteiger partial charge in [0.25, 0.3) is 0 Å². The molecule has 1 saturated heterocycles. The number of aromatic nitrogens is 2. The lowest BCUT2D eigenvalue weighted by Gasteiger charge is -2.40. The molecule has 0 amide bonds. The summed E-state index contributed by atoms with van der Waals surface area (Å²) >= 11 is 12.1. The molecule has 2 heterocycles. The maximum absolute atomic E-state index is 6.11. The summed E-state index contributed by atoms with van der Waals surface area (Å²) in [5.41, 5.74) is 0.939. The fourth-order valence-electron chi connectivity index (χ4n) is 4.42. The summed E-state index contributed by atoms with van der Waals surface area (Å²) in [5, 5.41) is 1.01. The standard InChI is InChI=1S/C27H33Cl2N3O3/c1-3-26-30-11-14-32(26)15-16-34-22-6-4-5-21(17-22)19-31-12-9-27(33-2,10-13-31)20-35-23-7-8-24(28)25(29)18-23/h4-8,11,14,17-18H,3,9-10,12-13,15-16,19-20H2,1-2H3. The molecule has 8 heteroatoms. The monoisotopic (exact) mass is 517 g/mol. The van der Waals surface area contributed by atoms with Crippen molar-refractivity contribution in [2.24, 2.45) is 0 Å². The van der Waals surface area contributed by atoms with Crippen LogP contribution in [0.3, 0.4) is 0 Å². The fraction of sp³-hybridized carbons (Fsp3) is 0.444. The second kappa shape index (κ2) is 12.1. The van der Waals surface area contributed by atoms with E-state index in [1.807, 2.05) is 24.5 Å². The number of hydrogen-bond acceptors (Lipinski definition) is 5. The third-order valence-corrected chi connectivity index (χ3v) is 7.36. The first-order chi connectivity index (χ1) is 17.0. The zero-order chi connectivity index (χ0) is 24.7. The smallest absolute Gasteiger partial charge is 0.121 e. The van der Waals surface area contributed by atoms with Crippen molar-refractivity contribution in [2.75, 3.05) is 33.4 Å². The van der Waals surface area contributed by atoms with Crippen molar-refractivity contribution < 1.29 is 14.2 Å². The van der Waals surface area contributed by atoms with E-state index in [2.05, 4.69) is 39.6 Å². The molecule has 0 unspecified atom stereocenters. The van der Waals surface area contributed by atoms with Crippen molar-refractivity contribution >= 4 is 23.2 Å². The molecule has 0 bridgehead atoms. The molecule has 1 fully saturated rings. The number of likely N-dealkylation sites (tertiary alicyclic amines) is 1. The van der Waals surface area contributed by atoms with Gasteiger partial charge in [0.15, 0.2) is 0 Å². The van der Waals surface area contributed by atoms with Crippen LogP contribution in [0.2, 0.25) is 10.0 Å². The third-order valence-electron chi connectivity index (χ3n) is 6.62. The number of ether oxygens (including phenoxy) is 3. The maximum atomic E-state index is 6.11. The number of piperidine rings is 1. The molecule has 1 aromatic heterocycles. The van der Waals surface area contributed by atoms with Gasteiger partial charge in [-0.1, -0.05) is 42.3 Å². The Labute approximate surface area is 217 Å². The molecule has 0 atom stereocenters. The highest BCUT2D eigenvalue weighted by Gasteiger charge is 2.35. The first-order valence-corrected chi connectivity index (χ1v) is 12.8. The van der Waals surface area contributed by atoms with Crippen molar-refractivity contribution in [3.8, 4) is 11.5 Å². The Balaban J connectivity index is 1.25. The minimum absolute atomic E-state index is 0.307. The van der Waals surface area contributed by atoms with Crippen molar-refractivity contribution in [3.63, 3.8) is 0 Å². The van der Waals surface area contributed by atoms with Crippen LogP contribution in [0, 0.1) is 0 Å². The Hall–Kier alpha value is -2.25. The van der Waals surface area contributed by atoms with E-state index in [-0.39, 0.29) is 5.60 Å². The third kappa shape index (κ3) is 6.91. The van der Waals surface area contributed by atoms with Crippen LogP contribution >= 0.6 is 23.2 Å². The highest BCUT2D eigenvalue weighted by molar-refractivity contribution is 6.42. The van der Waals surface area contributed by atoms with Gasteiger partial charge in [-0.05, 0) is 42.7 Å². The predicted molar refractivity (Wildman–Crippen MR) is 140 cm³/mol. The molecule has 0 spiro atoms. The number of halogens is 2. The molecule has 6 nitrogen and oxygen atoms in total. The van der Waals surface area contributed by atoms with E-state index in [1.165, 1.54) is 5.56 Å². The van der Waals surface area contributed by atoms with Crippen molar-refractivity contribution in [1.82, 2.24) is 14.5 Å². The Morgan fingerprint density at radius 2 is 1.80 bits per heavy atom. The Morgan fingerprint density at radius 3 is 2.54 bits per heavy atom. The normalized spacial score (nSPS) is 15.8. The van der Waals surface area contributed by atoms with Crippen LogP contribution in [0.5, 0.6) is 11.5 Å². The van der Waals surface area contributed by atoms with Crippen LogP contribution < -0.4 is 9.47 Å². The summed E-state index contributed by atoms with van der Waals surface area (Å²) in [7, 11) is 1.77. The summed E-state index contributed by atoms with van der Waals surface area (Å²) in [5.74, 6) is 2.69. The van der Waals surface area contributed by atoms with Crippen LogP contribution in [0.15, 0.2) is 54.9 Å². The van der Waals surface area contributed by atoms with Crippen LogP contribution in [0.1, 0.15) is 31.2 Å². The van der Waals surface area contributed by atoms with Crippen molar-refractivity contribution in [2.45, 2.75) is 44.9 Å². The SMILES string of the molecule is CCc1nccn1CCOc1cccc(CN2CCC(COc3ccc(Cl)c(Cl)c3)(OC)CC2)c1. The molecule has 0 N–H and O–H groups in total. The van der Waals surface area contributed by atoms with Gasteiger partial charge in [0.1, 0.15) is 36.1 Å². The van der Waals surface area contributed by atoms with Crippen LogP contribution in [-0.4, -0.2) is 53.5 Å². The Bertz CT molecular complexity index is 1100. The molecular formula is C27H33Cl2N3O3. The highest BCUT2D eigenvalue weighted by Crippen LogP contribution is 2.30. The summed E-state index contributed by atoms with van der Waals surface area (Å²) in [4.78, 5) is 6.82. The molecule has 3 aromatic rings. The van der Waals surface area contributed by atoms with Gasteiger partial charge in [0.05, 0.1) is 16.6 Å². The van der Waals surface area contributed by atoms with Gasteiger partial charge in [0, 0.05) is 51.6 Å². The molecule has 1 aliphatic rings. The van der Waals surface area contributed by atoms with Gasteiger partial charge in [-0.2, -0.15) is 0 Å². The number of aryl methyl sites for hydroxylation is 1. The quantitative estimate of drug-likeness (QED) is 0.317. The molecule has 2 aromatic carbocycles. The van der Waals surface area contributed by atoms with E-state index >= 15 is 0 Å². The van der Waals surface area contributed by atoms with E-state index in [1.54, 1.807) is 19.2 Å². The van der Waals surface area contributed by atoms with Gasteiger partial charge >= 0.3 is 0 Å². The van der Waals surface area contributed by atoms with Crippen LogP contribution in [0.25, 0.3) is 0 Å². The lowest BCUT2D eigenvalue weighted by atomic mass is 9.91. The zero-order valence-electron chi connectivity index (χ0n) is 20.4. The fourth-order valence-corrected chi connectivity index (χ4v) is 4.71.